The van der Waals surface area contributed by atoms with Gasteiger partial charge in [-0.15, -0.1) is 0 Å². The van der Waals surface area contributed by atoms with E-state index in [0.29, 0.717) is 10.8 Å². The topological polar surface area (TPSA) is 67.4 Å². The van der Waals surface area contributed by atoms with Crippen molar-refractivity contribution < 1.29 is 13.2 Å². The van der Waals surface area contributed by atoms with Crippen molar-refractivity contribution in [2.24, 2.45) is 0 Å². The molecule has 5 nitrogen and oxygen atoms in total. The van der Waals surface area contributed by atoms with Gasteiger partial charge in [0.15, 0.2) is 0 Å². The van der Waals surface area contributed by atoms with Crippen molar-refractivity contribution in [3.8, 4) is 5.75 Å². The Morgan fingerprint density at radius 3 is 2.68 bits per heavy atom. The minimum absolute atomic E-state index is 0.0464. The molecule has 1 fully saturated rings. The molecule has 1 aromatic carbocycles. The van der Waals surface area contributed by atoms with E-state index in [1.54, 1.807) is 12.1 Å². The molecule has 2 rings (SSSR count). The standard InChI is InChI=1S/C12H17ClN2O3S/c1-18-11-3-2-9(13)8-12(11)19(16,17)15-10-4-6-14-7-5-10/h2-3,8,10,14-15H,4-7H2,1H3. The fraction of sp³-hybridized carbons (Fsp3) is 0.500. The van der Waals surface area contributed by atoms with E-state index < -0.39 is 10.0 Å². The highest BCUT2D eigenvalue weighted by molar-refractivity contribution is 7.89. The second kappa shape index (κ2) is 6.09. The van der Waals surface area contributed by atoms with Gasteiger partial charge in [0.25, 0.3) is 0 Å². The molecule has 0 unspecified atom stereocenters. The van der Waals surface area contributed by atoms with Gasteiger partial charge in [0.1, 0.15) is 10.6 Å². The van der Waals surface area contributed by atoms with E-state index in [1.807, 2.05) is 0 Å². The molecular formula is C12H17ClN2O3S. The summed E-state index contributed by atoms with van der Waals surface area (Å²) in [6.45, 7) is 1.64. The number of halogens is 1. The number of rotatable bonds is 4. The van der Waals surface area contributed by atoms with E-state index >= 15 is 0 Å². The van der Waals surface area contributed by atoms with Crippen molar-refractivity contribution in [1.82, 2.24) is 10.0 Å². The molecule has 0 aromatic heterocycles. The smallest absolute Gasteiger partial charge is 0.244 e. The Labute approximate surface area is 118 Å². The van der Waals surface area contributed by atoms with E-state index in [-0.39, 0.29) is 10.9 Å². The molecular weight excluding hydrogens is 288 g/mol. The van der Waals surface area contributed by atoms with E-state index in [9.17, 15) is 8.42 Å². The van der Waals surface area contributed by atoms with Gasteiger partial charge < -0.3 is 10.1 Å². The maximum absolute atomic E-state index is 12.4. The van der Waals surface area contributed by atoms with Crippen molar-refractivity contribution in [3.63, 3.8) is 0 Å². The number of nitrogens with one attached hydrogen (secondary N) is 2. The summed E-state index contributed by atoms with van der Waals surface area (Å²) in [7, 11) is -2.18. The van der Waals surface area contributed by atoms with E-state index in [4.69, 9.17) is 16.3 Å². The maximum atomic E-state index is 12.4. The molecule has 1 aliphatic rings. The highest BCUT2D eigenvalue weighted by atomic mass is 35.5. The predicted molar refractivity (Wildman–Crippen MR) is 74.2 cm³/mol. The first-order valence-electron chi connectivity index (χ1n) is 6.09. The van der Waals surface area contributed by atoms with Crippen molar-refractivity contribution >= 4 is 21.6 Å². The van der Waals surface area contributed by atoms with Gasteiger partial charge in [-0.2, -0.15) is 0 Å². The summed E-state index contributed by atoms with van der Waals surface area (Å²) >= 11 is 5.86. The van der Waals surface area contributed by atoms with Crippen LogP contribution in [0, 0.1) is 0 Å². The number of piperidine rings is 1. The summed E-state index contributed by atoms with van der Waals surface area (Å²) in [5, 5.41) is 3.56. The zero-order valence-corrected chi connectivity index (χ0v) is 12.2. The Hall–Kier alpha value is -0.820. The summed E-state index contributed by atoms with van der Waals surface area (Å²) in [6.07, 6.45) is 1.56. The van der Waals surface area contributed by atoms with Crippen LogP contribution in [0.3, 0.4) is 0 Å². The molecule has 1 saturated heterocycles. The van der Waals surface area contributed by atoms with E-state index in [2.05, 4.69) is 10.0 Å². The number of hydrogen-bond donors (Lipinski definition) is 2. The molecule has 1 aromatic rings. The minimum Gasteiger partial charge on any atom is -0.495 e. The van der Waals surface area contributed by atoms with Crippen LogP contribution in [-0.2, 0) is 10.0 Å². The highest BCUT2D eigenvalue weighted by Crippen LogP contribution is 2.27. The maximum Gasteiger partial charge on any atom is 0.244 e. The van der Waals surface area contributed by atoms with Gasteiger partial charge in [-0.3, -0.25) is 0 Å². The van der Waals surface area contributed by atoms with E-state index in [0.717, 1.165) is 25.9 Å². The monoisotopic (exact) mass is 304 g/mol. The molecule has 0 spiro atoms. The zero-order valence-electron chi connectivity index (χ0n) is 10.6. The molecule has 7 heteroatoms. The minimum atomic E-state index is -3.61. The Kier molecular flexibility index (Phi) is 4.67. The third-order valence-corrected chi connectivity index (χ3v) is 4.85. The lowest BCUT2D eigenvalue weighted by molar-refractivity contribution is 0.399. The zero-order chi connectivity index (χ0) is 13.9. The molecule has 0 saturated carbocycles. The fourth-order valence-electron chi connectivity index (χ4n) is 2.08. The number of hydrogen-bond acceptors (Lipinski definition) is 4. The number of sulfonamides is 1. The van der Waals surface area contributed by atoms with Gasteiger partial charge in [0.05, 0.1) is 7.11 Å². The van der Waals surface area contributed by atoms with Crippen molar-refractivity contribution in [2.75, 3.05) is 20.2 Å². The first-order valence-corrected chi connectivity index (χ1v) is 7.95. The third kappa shape index (κ3) is 3.60. The fourth-order valence-corrected chi connectivity index (χ4v) is 3.82. The van der Waals surface area contributed by atoms with Crippen LogP contribution in [0.1, 0.15) is 12.8 Å². The molecule has 0 bridgehead atoms. The Morgan fingerprint density at radius 2 is 2.05 bits per heavy atom. The lowest BCUT2D eigenvalue weighted by atomic mass is 10.1. The number of benzene rings is 1. The largest absolute Gasteiger partial charge is 0.495 e. The van der Waals surface area contributed by atoms with Gasteiger partial charge >= 0.3 is 0 Å². The summed E-state index contributed by atoms with van der Waals surface area (Å²) in [4.78, 5) is 0.0843. The van der Waals surface area contributed by atoms with Crippen LogP contribution in [0.5, 0.6) is 5.75 Å². The SMILES string of the molecule is COc1ccc(Cl)cc1S(=O)(=O)NC1CCNCC1. The van der Waals surface area contributed by atoms with Crippen LogP contribution in [0.4, 0.5) is 0 Å². The summed E-state index contributed by atoms with van der Waals surface area (Å²) in [5.74, 6) is 0.297. The van der Waals surface area contributed by atoms with Crippen LogP contribution < -0.4 is 14.8 Å². The second-order valence-corrected chi connectivity index (χ2v) is 6.56. The Bertz CT molecular complexity index is 542. The molecule has 0 aliphatic carbocycles. The van der Waals surface area contributed by atoms with Gasteiger partial charge in [-0.05, 0) is 44.1 Å². The molecule has 1 heterocycles. The van der Waals surface area contributed by atoms with Crippen LogP contribution in [0.2, 0.25) is 5.02 Å². The Balaban J connectivity index is 2.25. The second-order valence-electron chi connectivity index (χ2n) is 4.44. The average molecular weight is 305 g/mol. The highest BCUT2D eigenvalue weighted by Gasteiger charge is 2.24. The normalized spacial score (nSPS) is 17.4. The first kappa shape index (κ1) is 14.6. The van der Waals surface area contributed by atoms with Gasteiger partial charge in [0, 0.05) is 11.1 Å². The van der Waals surface area contributed by atoms with Crippen LogP contribution in [-0.4, -0.2) is 34.7 Å². The summed E-state index contributed by atoms with van der Waals surface area (Å²) < 4.78 is 32.5. The molecule has 0 amide bonds. The Morgan fingerprint density at radius 1 is 1.37 bits per heavy atom. The number of ether oxygens (including phenoxy) is 1. The average Bonchev–Trinajstić information content (AvgIpc) is 2.39. The summed E-state index contributed by atoms with van der Waals surface area (Å²) in [5.41, 5.74) is 0. The quantitative estimate of drug-likeness (QED) is 0.882. The molecule has 0 radical (unpaired) electrons. The van der Waals surface area contributed by atoms with Crippen molar-refractivity contribution in [3.05, 3.63) is 23.2 Å². The van der Waals surface area contributed by atoms with Crippen LogP contribution >= 0.6 is 11.6 Å². The first-order chi connectivity index (χ1) is 9.03. The van der Waals surface area contributed by atoms with Crippen LogP contribution in [0.15, 0.2) is 23.1 Å². The molecule has 2 N–H and O–H groups in total. The molecule has 19 heavy (non-hydrogen) atoms. The van der Waals surface area contributed by atoms with Crippen molar-refractivity contribution in [2.45, 2.75) is 23.8 Å². The molecule has 106 valence electrons. The van der Waals surface area contributed by atoms with Crippen LogP contribution in [0.25, 0.3) is 0 Å². The lowest BCUT2D eigenvalue weighted by Gasteiger charge is -2.23. The van der Waals surface area contributed by atoms with Gasteiger partial charge in [0.2, 0.25) is 10.0 Å². The molecule has 1 aliphatic heterocycles. The third-order valence-electron chi connectivity index (χ3n) is 3.08. The number of methoxy groups -OCH3 is 1. The van der Waals surface area contributed by atoms with Gasteiger partial charge in [-0.25, -0.2) is 13.1 Å². The molecule has 0 atom stereocenters. The summed E-state index contributed by atoms with van der Waals surface area (Å²) in [6, 6.07) is 4.52. The predicted octanol–water partition coefficient (Wildman–Crippen LogP) is 1.38. The van der Waals surface area contributed by atoms with Gasteiger partial charge in [-0.1, -0.05) is 11.6 Å². The van der Waals surface area contributed by atoms with Crippen molar-refractivity contribution in [1.29, 1.82) is 0 Å². The van der Waals surface area contributed by atoms with E-state index in [1.165, 1.54) is 13.2 Å². The lowest BCUT2D eigenvalue weighted by Crippen LogP contribution is -2.42.